The Hall–Kier alpha value is -0.850. The molecule has 0 N–H and O–H groups in total. The van der Waals surface area contributed by atoms with Gasteiger partial charge in [0.05, 0.1) is 0 Å². The molecule has 0 saturated heterocycles. The van der Waals surface area contributed by atoms with Crippen molar-refractivity contribution in [2.75, 3.05) is 0 Å². The molecule has 0 aliphatic heterocycles. The van der Waals surface area contributed by atoms with Crippen molar-refractivity contribution in [2.24, 2.45) is 0 Å². The van der Waals surface area contributed by atoms with Gasteiger partial charge in [-0.05, 0) is 49.3 Å². The number of rotatable bonds is 8. The highest BCUT2D eigenvalue weighted by atomic mass is 19.1. The molecule has 0 atom stereocenters. The zero-order valence-electron chi connectivity index (χ0n) is 12.2. The summed E-state index contributed by atoms with van der Waals surface area (Å²) in [6.45, 7) is 6.31. The first-order valence-corrected chi connectivity index (χ1v) is 7.47. The number of hydrogen-bond donors (Lipinski definition) is 0. The van der Waals surface area contributed by atoms with Gasteiger partial charge in [-0.3, -0.25) is 0 Å². The first-order valence-electron chi connectivity index (χ1n) is 7.47. The molecule has 1 rings (SSSR count). The van der Waals surface area contributed by atoms with Gasteiger partial charge in [0.15, 0.2) is 0 Å². The summed E-state index contributed by atoms with van der Waals surface area (Å²) < 4.78 is 14.2. The molecular weight excluding hydrogens is 223 g/mol. The predicted molar refractivity (Wildman–Crippen MR) is 77.6 cm³/mol. The first kappa shape index (κ1) is 15.2. The van der Waals surface area contributed by atoms with Crippen molar-refractivity contribution in [3.8, 4) is 0 Å². The van der Waals surface area contributed by atoms with E-state index < -0.39 is 0 Å². The summed E-state index contributed by atoms with van der Waals surface area (Å²) in [5.41, 5.74) is 2.97. The fraction of sp³-hybridized carbons (Fsp3) is 0.647. The number of unbranched alkanes of at least 4 members (excludes halogenated alkanes) is 4. The molecule has 0 heterocycles. The molecule has 0 fully saturated rings. The zero-order valence-corrected chi connectivity index (χ0v) is 12.2. The molecule has 0 nitrogen and oxygen atoms in total. The fourth-order valence-corrected chi connectivity index (χ4v) is 2.38. The average Bonchev–Trinajstić information content (AvgIpc) is 2.37. The zero-order chi connectivity index (χ0) is 13.4. The molecule has 0 aliphatic carbocycles. The second-order valence-corrected chi connectivity index (χ2v) is 5.24. The summed E-state index contributed by atoms with van der Waals surface area (Å²) in [6.07, 6.45) is 9.01. The van der Waals surface area contributed by atoms with Crippen LogP contribution in [0.15, 0.2) is 12.1 Å². The monoisotopic (exact) mass is 250 g/mol. The lowest BCUT2D eigenvalue weighted by atomic mass is 9.97. The number of aryl methyl sites for hydroxylation is 2. The Labute approximate surface area is 112 Å². The molecule has 0 spiro atoms. The quantitative estimate of drug-likeness (QED) is 0.527. The summed E-state index contributed by atoms with van der Waals surface area (Å²) in [6, 6.07) is 4.13. The van der Waals surface area contributed by atoms with Crippen LogP contribution >= 0.6 is 0 Å². The molecule has 1 aromatic rings. The van der Waals surface area contributed by atoms with Crippen LogP contribution in [0.25, 0.3) is 0 Å². The van der Waals surface area contributed by atoms with Gasteiger partial charge in [-0.25, -0.2) is 4.39 Å². The SMILES string of the molecule is CCCCCc1ccc(CCCCC)c(F)c1C. The Morgan fingerprint density at radius 1 is 0.833 bits per heavy atom. The Bertz CT molecular complexity index is 320. The van der Waals surface area contributed by atoms with Crippen molar-refractivity contribution < 1.29 is 4.39 Å². The van der Waals surface area contributed by atoms with E-state index in [2.05, 4.69) is 19.9 Å². The van der Waals surface area contributed by atoms with Crippen molar-refractivity contribution in [2.45, 2.75) is 72.1 Å². The molecule has 0 saturated carbocycles. The lowest BCUT2D eigenvalue weighted by Gasteiger charge is -2.11. The fourth-order valence-electron chi connectivity index (χ4n) is 2.38. The Morgan fingerprint density at radius 3 is 1.89 bits per heavy atom. The second kappa shape index (κ2) is 8.29. The third kappa shape index (κ3) is 4.44. The Morgan fingerprint density at radius 2 is 1.33 bits per heavy atom. The van der Waals surface area contributed by atoms with Gasteiger partial charge in [-0.15, -0.1) is 0 Å². The third-order valence-electron chi connectivity index (χ3n) is 3.68. The maximum atomic E-state index is 14.2. The van der Waals surface area contributed by atoms with Crippen LogP contribution in [0.3, 0.4) is 0 Å². The van der Waals surface area contributed by atoms with Crippen molar-refractivity contribution in [3.63, 3.8) is 0 Å². The standard InChI is InChI=1S/C17H27F/c1-4-6-8-10-15-12-13-16(11-9-7-5-2)17(18)14(15)3/h12-13H,4-11H2,1-3H3. The Balaban J connectivity index is 2.65. The minimum absolute atomic E-state index is 0.0418. The third-order valence-corrected chi connectivity index (χ3v) is 3.68. The number of hydrogen-bond acceptors (Lipinski definition) is 0. The maximum Gasteiger partial charge on any atom is 0.129 e. The highest BCUT2D eigenvalue weighted by Gasteiger charge is 2.09. The molecule has 0 bridgehead atoms. The molecule has 0 radical (unpaired) electrons. The summed E-state index contributed by atoms with van der Waals surface area (Å²) in [7, 11) is 0. The highest BCUT2D eigenvalue weighted by Crippen LogP contribution is 2.20. The minimum atomic E-state index is 0.0418. The van der Waals surface area contributed by atoms with Gasteiger partial charge in [0.25, 0.3) is 0 Å². The van der Waals surface area contributed by atoms with Crippen molar-refractivity contribution in [1.82, 2.24) is 0 Å². The Kier molecular flexibility index (Phi) is 7.00. The van der Waals surface area contributed by atoms with Gasteiger partial charge in [0, 0.05) is 0 Å². The molecule has 1 heteroatoms. The maximum absolute atomic E-state index is 14.2. The first-order chi connectivity index (χ1) is 8.70. The summed E-state index contributed by atoms with van der Waals surface area (Å²) in [5.74, 6) is 0.0418. The average molecular weight is 250 g/mol. The normalized spacial score (nSPS) is 10.9. The van der Waals surface area contributed by atoms with Crippen LogP contribution in [0.2, 0.25) is 0 Å². The van der Waals surface area contributed by atoms with Crippen LogP contribution in [0.1, 0.15) is 69.1 Å². The molecule has 1 aromatic carbocycles. The largest absolute Gasteiger partial charge is 0.206 e. The van der Waals surface area contributed by atoms with Gasteiger partial charge < -0.3 is 0 Å². The van der Waals surface area contributed by atoms with E-state index in [4.69, 9.17) is 0 Å². The molecule has 0 aliphatic rings. The van der Waals surface area contributed by atoms with Gasteiger partial charge >= 0.3 is 0 Å². The van der Waals surface area contributed by atoms with Gasteiger partial charge in [0.2, 0.25) is 0 Å². The van der Waals surface area contributed by atoms with Crippen LogP contribution in [0, 0.1) is 12.7 Å². The van der Waals surface area contributed by atoms with Gasteiger partial charge in [-0.2, -0.15) is 0 Å². The van der Waals surface area contributed by atoms with Crippen LogP contribution in [0.5, 0.6) is 0 Å². The number of benzene rings is 1. The van der Waals surface area contributed by atoms with Crippen molar-refractivity contribution >= 4 is 0 Å². The second-order valence-electron chi connectivity index (χ2n) is 5.24. The van der Waals surface area contributed by atoms with Gasteiger partial charge in [0.1, 0.15) is 5.82 Å². The van der Waals surface area contributed by atoms with Crippen LogP contribution in [0.4, 0.5) is 4.39 Å². The van der Waals surface area contributed by atoms with Gasteiger partial charge in [-0.1, -0.05) is 51.7 Å². The minimum Gasteiger partial charge on any atom is -0.206 e. The molecule has 102 valence electrons. The molecular formula is C17H27F. The predicted octanol–water partition coefficient (Wildman–Crippen LogP) is 5.60. The molecule has 0 aromatic heterocycles. The molecule has 0 unspecified atom stereocenters. The van der Waals surface area contributed by atoms with E-state index in [1.54, 1.807) is 0 Å². The van der Waals surface area contributed by atoms with E-state index in [1.165, 1.54) is 37.7 Å². The summed E-state index contributed by atoms with van der Waals surface area (Å²) >= 11 is 0. The smallest absolute Gasteiger partial charge is 0.129 e. The van der Waals surface area contributed by atoms with Crippen LogP contribution in [-0.2, 0) is 12.8 Å². The van der Waals surface area contributed by atoms with E-state index in [9.17, 15) is 4.39 Å². The number of halogens is 1. The highest BCUT2D eigenvalue weighted by molar-refractivity contribution is 5.33. The van der Waals surface area contributed by atoms with Crippen LogP contribution < -0.4 is 0 Å². The van der Waals surface area contributed by atoms with E-state index in [-0.39, 0.29) is 5.82 Å². The van der Waals surface area contributed by atoms with E-state index in [1.807, 2.05) is 13.0 Å². The van der Waals surface area contributed by atoms with Crippen LogP contribution in [-0.4, -0.2) is 0 Å². The lowest BCUT2D eigenvalue weighted by molar-refractivity contribution is 0.586. The summed E-state index contributed by atoms with van der Waals surface area (Å²) in [4.78, 5) is 0. The topological polar surface area (TPSA) is 0 Å². The molecule has 18 heavy (non-hydrogen) atoms. The lowest BCUT2D eigenvalue weighted by Crippen LogP contribution is -1.99. The summed E-state index contributed by atoms with van der Waals surface area (Å²) in [5, 5.41) is 0. The van der Waals surface area contributed by atoms with E-state index in [0.717, 1.165) is 30.4 Å². The van der Waals surface area contributed by atoms with E-state index >= 15 is 0 Å². The van der Waals surface area contributed by atoms with Crippen molar-refractivity contribution in [3.05, 3.63) is 34.6 Å². The van der Waals surface area contributed by atoms with E-state index in [0.29, 0.717) is 0 Å². The molecule has 0 amide bonds. The van der Waals surface area contributed by atoms with Crippen molar-refractivity contribution in [1.29, 1.82) is 0 Å².